The Balaban J connectivity index is 0.000000163. The average molecular weight is 1020 g/mol. The first kappa shape index (κ1) is 59.6. The third-order valence-corrected chi connectivity index (χ3v) is 18.7. The fourth-order valence-electron chi connectivity index (χ4n) is 13.5. The van der Waals surface area contributed by atoms with Crippen LogP contribution < -0.4 is 5.32 Å². The lowest BCUT2D eigenvalue weighted by molar-refractivity contribution is -0.126. The number of hydrogen-bond donors (Lipinski definition) is 1. The lowest BCUT2D eigenvalue weighted by Gasteiger charge is -2.48. The number of anilines is 1. The number of Topliss-reactive ketones (excluding diaryl/α,β-unsaturated/α-hetero) is 1. The Morgan fingerprint density at radius 2 is 1.23 bits per heavy atom. The van der Waals surface area contributed by atoms with Gasteiger partial charge >= 0.3 is 6.09 Å². The van der Waals surface area contributed by atoms with Crippen LogP contribution in [0.15, 0.2) is 61.2 Å². The number of amides is 1. The number of rotatable bonds is 11. The van der Waals surface area contributed by atoms with E-state index >= 15 is 0 Å². The summed E-state index contributed by atoms with van der Waals surface area (Å²) in [6.07, 6.45) is 21.2. The highest BCUT2D eigenvalue weighted by Gasteiger charge is 2.46. The summed E-state index contributed by atoms with van der Waals surface area (Å²) >= 11 is 0. The van der Waals surface area contributed by atoms with Gasteiger partial charge in [-0.2, -0.15) is 5.10 Å². The molecule has 11 nitrogen and oxygen atoms in total. The van der Waals surface area contributed by atoms with E-state index in [0.29, 0.717) is 41.2 Å². The van der Waals surface area contributed by atoms with Gasteiger partial charge < -0.3 is 24.3 Å². The van der Waals surface area contributed by atoms with Crippen LogP contribution in [0.5, 0.6) is 0 Å². The van der Waals surface area contributed by atoms with Crippen molar-refractivity contribution in [2.75, 3.05) is 57.7 Å². The lowest BCUT2D eigenvalue weighted by atomic mass is 9.63. The zero-order valence-corrected chi connectivity index (χ0v) is 49.1. The Morgan fingerprint density at radius 3 is 1.73 bits per heavy atom. The molecule has 9 rings (SSSR count). The van der Waals surface area contributed by atoms with Gasteiger partial charge in [-0.05, 0) is 200 Å². The predicted octanol–water partition coefficient (Wildman–Crippen LogP) is 13.6. The van der Waals surface area contributed by atoms with E-state index in [0.717, 1.165) is 94.0 Å². The van der Waals surface area contributed by atoms with Gasteiger partial charge in [-0.1, -0.05) is 88.9 Å². The molecule has 1 N–H and O–H groups in total. The first-order valence-electron chi connectivity index (χ1n) is 29.7. The van der Waals surface area contributed by atoms with E-state index in [1.165, 1.54) is 95.1 Å². The van der Waals surface area contributed by atoms with Gasteiger partial charge in [0.1, 0.15) is 24.0 Å². The molecule has 2 aromatic carbocycles. The number of hydrogen-bond acceptors (Lipinski definition) is 9. The molecule has 3 aromatic rings. The summed E-state index contributed by atoms with van der Waals surface area (Å²) in [5.74, 6) is 2.27. The number of benzene rings is 2. The second-order valence-corrected chi connectivity index (χ2v) is 25.6. The maximum atomic E-state index is 12.8. The second kappa shape index (κ2) is 27.1. The van der Waals surface area contributed by atoms with Crippen molar-refractivity contribution >= 4 is 17.6 Å². The Labute approximate surface area is 450 Å². The summed E-state index contributed by atoms with van der Waals surface area (Å²) in [6.45, 7) is 39.7. The van der Waals surface area contributed by atoms with Crippen molar-refractivity contribution in [2.24, 2.45) is 22.7 Å². The SMILES string of the molecule is CC(C)N1CCC(C(C)(C)C)CC1.CC(C)N1CCC(Cn2cncn2)(C2CCCCC2)CC1.CCCC(=O)C1(c2ccccc2)CCN(C(C)C)CC1.Cc1ccc2c(c1)C1(CCN(C(C)C)CC1)OC(=O)N2. The normalized spacial score (nSPS) is 21.9. The molecule has 0 radical (unpaired) electrons. The maximum absolute atomic E-state index is 12.8. The molecule has 1 spiro atoms. The first-order valence-corrected chi connectivity index (χ1v) is 29.7. The van der Waals surface area contributed by atoms with Gasteiger partial charge in [-0.3, -0.25) is 14.8 Å². The zero-order chi connectivity index (χ0) is 53.7. The van der Waals surface area contributed by atoms with Crippen LogP contribution in [-0.4, -0.2) is 123 Å². The molecule has 1 saturated carbocycles. The maximum Gasteiger partial charge on any atom is 0.412 e. The molecular formula is C63H104N8O3. The predicted molar refractivity (Wildman–Crippen MR) is 307 cm³/mol. The lowest BCUT2D eigenvalue weighted by Crippen LogP contribution is -2.49. The van der Waals surface area contributed by atoms with Gasteiger partial charge in [-0.25, -0.2) is 9.78 Å². The summed E-state index contributed by atoms with van der Waals surface area (Å²) in [6, 6.07) is 19.1. The third kappa shape index (κ3) is 15.5. The highest BCUT2D eigenvalue weighted by Crippen LogP contribution is 2.48. The smallest absolute Gasteiger partial charge is 0.412 e. The quantitative estimate of drug-likeness (QED) is 0.201. The molecule has 11 heteroatoms. The van der Waals surface area contributed by atoms with E-state index in [2.05, 4.69) is 160 Å². The molecule has 0 unspecified atom stereocenters. The number of carbonyl (C=O) groups is 2. The van der Waals surface area contributed by atoms with Crippen molar-refractivity contribution < 1.29 is 14.3 Å². The summed E-state index contributed by atoms with van der Waals surface area (Å²) in [7, 11) is 0. The van der Waals surface area contributed by atoms with E-state index in [-0.39, 0.29) is 11.5 Å². The van der Waals surface area contributed by atoms with Crippen LogP contribution in [-0.2, 0) is 27.1 Å². The van der Waals surface area contributed by atoms with Crippen molar-refractivity contribution in [1.82, 2.24) is 34.4 Å². The van der Waals surface area contributed by atoms with Gasteiger partial charge in [-0.15, -0.1) is 0 Å². The number of nitrogens with zero attached hydrogens (tertiary/aromatic N) is 7. The van der Waals surface area contributed by atoms with Crippen LogP contribution in [0.3, 0.4) is 0 Å². The molecule has 0 bridgehead atoms. The molecular weight excluding hydrogens is 917 g/mol. The number of ether oxygens (including phenoxy) is 1. The molecule has 1 aromatic heterocycles. The Hall–Kier alpha value is -3.64. The Kier molecular flexibility index (Phi) is 21.8. The molecule has 74 heavy (non-hydrogen) atoms. The van der Waals surface area contributed by atoms with E-state index in [1.807, 2.05) is 24.5 Å². The minimum Gasteiger partial charge on any atom is -0.438 e. The number of ketones is 1. The number of piperidine rings is 4. The summed E-state index contributed by atoms with van der Waals surface area (Å²) in [5, 5.41) is 7.21. The molecule has 4 saturated heterocycles. The van der Waals surface area contributed by atoms with E-state index < -0.39 is 5.60 Å². The number of aryl methyl sites for hydroxylation is 1. The van der Waals surface area contributed by atoms with Crippen molar-refractivity contribution in [2.45, 2.75) is 228 Å². The molecule has 1 aliphatic carbocycles. The van der Waals surface area contributed by atoms with Gasteiger partial charge in [0.25, 0.3) is 0 Å². The van der Waals surface area contributed by atoms with Crippen LogP contribution in [0.25, 0.3) is 0 Å². The molecule has 5 fully saturated rings. The number of aromatic nitrogens is 3. The molecule has 6 aliphatic rings. The molecule has 6 heterocycles. The topological polar surface area (TPSA) is 99.1 Å². The fourth-order valence-corrected chi connectivity index (χ4v) is 13.5. The van der Waals surface area contributed by atoms with Crippen molar-refractivity contribution in [3.63, 3.8) is 0 Å². The van der Waals surface area contributed by atoms with Gasteiger partial charge in [0.05, 0.1) is 11.1 Å². The van der Waals surface area contributed by atoms with Crippen molar-refractivity contribution in [3.8, 4) is 0 Å². The van der Waals surface area contributed by atoms with Gasteiger partial charge in [0.2, 0.25) is 0 Å². The Bertz CT molecular complexity index is 2110. The number of carbonyl (C=O) groups excluding carboxylic acids is 2. The summed E-state index contributed by atoms with van der Waals surface area (Å²) < 4.78 is 7.83. The van der Waals surface area contributed by atoms with Crippen LogP contribution in [0.2, 0.25) is 0 Å². The molecule has 5 aliphatic heterocycles. The summed E-state index contributed by atoms with van der Waals surface area (Å²) in [5.41, 5.74) is 4.78. The van der Waals surface area contributed by atoms with E-state index in [9.17, 15) is 9.59 Å². The zero-order valence-electron chi connectivity index (χ0n) is 49.1. The largest absolute Gasteiger partial charge is 0.438 e. The minimum absolute atomic E-state index is 0.233. The van der Waals surface area contributed by atoms with E-state index in [4.69, 9.17) is 4.74 Å². The van der Waals surface area contributed by atoms with Gasteiger partial charge in [0.15, 0.2) is 0 Å². The fraction of sp³-hybridized carbons (Fsp3) is 0.746. The number of nitrogens with one attached hydrogen (secondary N) is 1. The van der Waals surface area contributed by atoms with Crippen LogP contribution in [0.4, 0.5) is 10.5 Å². The summed E-state index contributed by atoms with van der Waals surface area (Å²) in [4.78, 5) is 38.9. The van der Waals surface area contributed by atoms with Gasteiger partial charge in [0, 0.05) is 68.6 Å². The van der Waals surface area contributed by atoms with Crippen LogP contribution in [0, 0.1) is 29.6 Å². The number of fused-ring (bicyclic) bond motifs is 2. The van der Waals surface area contributed by atoms with Crippen LogP contribution in [0.1, 0.15) is 196 Å². The second-order valence-electron chi connectivity index (χ2n) is 25.6. The highest BCUT2D eigenvalue weighted by atomic mass is 16.6. The third-order valence-electron chi connectivity index (χ3n) is 18.7. The van der Waals surface area contributed by atoms with Crippen molar-refractivity contribution in [1.29, 1.82) is 0 Å². The van der Waals surface area contributed by atoms with Crippen molar-refractivity contribution in [3.05, 3.63) is 77.9 Å². The number of likely N-dealkylation sites (tertiary alicyclic amines) is 4. The molecule has 1 amide bonds. The monoisotopic (exact) mass is 1020 g/mol. The average Bonchev–Trinajstić information content (AvgIpc) is 3.90. The molecule has 414 valence electrons. The Morgan fingerprint density at radius 1 is 0.703 bits per heavy atom. The molecule has 0 atom stereocenters. The standard InChI is InChI=1S/C18H27NO.C17H30N4.C16H22N2O2.C12H25N/c1-4-8-17(20)18(16-9-6-5-7-10-16)11-13-19(14-12-18)15(2)3;1-15(2)20-10-8-17(9-11-20,12-21-14-18-13-19-21)16-6-4-3-5-7-16;1-11(2)18-8-6-16(7-9-18)13-10-12(3)4-5-14(13)17-15(19)20-16;1-10(2)13-8-6-11(7-9-13)12(3,4)5/h5-7,9-10,15H,4,8,11-14H2,1-3H3;13-16H,3-12H2,1-2H3;4-5,10-11H,6-9H2,1-3H3,(H,17,19);10-11H,6-9H2,1-5H3. The minimum atomic E-state index is -0.435. The first-order chi connectivity index (χ1) is 35.2. The van der Waals surface area contributed by atoms with Crippen LogP contribution >= 0.6 is 0 Å². The van der Waals surface area contributed by atoms with E-state index in [1.54, 1.807) is 6.33 Å². The highest BCUT2D eigenvalue weighted by molar-refractivity contribution is 5.90.